The molecule has 7 heteroatoms. The second-order valence-electron chi connectivity index (χ2n) is 6.86. The summed E-state index contributed by atoms with van der Waals surface area (Å²) in [5, 5.41) is 5.79. The maximum atomic E-state index is 12.9. The van der Waals surface area contributed by atoms with E-state index in [0.29, 0.717) is 18.8 Å². The Balaban J connectivity index is 1.67. The molecule has 0 bridgehead atoms. The molecule has 1 aliphatic rings. The van der Waals surface area contributed by atoms with Gasteiger partial charge in [-0.2, -0.15) is 0 Å². The molecule has 2 amide bonds. The van der Waals surface area contributed by atoms with Crippen molar-refractivity contribution in [1.82, 2.24) is 15.1 Å². The van der Waals surface area contributed by atoms with E-state index in [1.165, 1.54) is 12.1 Å². The molecular weight excluding hydrogens is 335 g/mol. The third-order valence-electron chi connectivity index (χ3n) is 4.46. The molecule has 1 aliphatic heterocycles. The second-order valence-corrected chi connectivity index (χ2v) is 6.86. The van der Waals surface area contributed by atoms with Gasteiger partial charge in [-0.25, -0.2) is 4.39 Å². The van der Waals surface area contributed by atoms with Gasteiger partial charge in [0.15, 0.2) is 0 Å². The van der Waals surface area contributed by atoms with Crippen LogP contribution in [0, 0.1) is 5.82 Å². The van der Waals surface area contributed by atoms with Crippen LogP contribution in [0.2, 0.25) is 0 Å². The highest BCUT2D eigenvalue weighted by Gasteiger charge is 2.21. The van der Waals surface area contributed by atoms with E-state index < -0.39 is 0 Å². The van der Waals surface area contributed by atoms with E-state index in [4.69, 9.17) is 0 Å². The number of carbonyl (C=O) groups is 2. The topological polar surface area (TPSA) is 64.7 Å². The largest absolute Gasteiger partial charge is 0.353 e. The van der Waals surface area contributed by atoms with Crippen LogP contribution in [-0.4, -0.2) is 66.9 Å². The number of halogens is 1. The summed E-state index contributed by atoms with van der Waals surface area (Å²) in [6.45, 7) is 7.85. The lowest BCUT2D eigenvalue weighted by Crippen LogP contribution is -2.51. The molecular formula is C19H29FN4O2. The van der Waals surface area contributed by atoms with E-state index in [9.17, 15) is 14.0 Å². The summed E-state index contributed by atoms with van der Waals surface area (Å²) in [5.74, 6) is -0.378. The number of nitrogens with zero attached hydrogens (tertiary/aromatic N) is 2. The lowest BCUT2D eigenvalue weighted by Gasteiger charge is -2.34. The first-order valence-corrected chi connectivity index (χ1v) is 9.25. The molecule has 6 nitrogen and oxygen atoms in total. The molecule has 2 rings (SSSR count). The number of hydrogen-bond donors (Lipinski definition) is 2. The van der Waals surface area contributed by atoms with E-state index in [0.717, 1.165) is 39.0 Å². The zero-order valence-corrected chi connectivity index (χ0v) is 15.6. The molecule has 1 aromatic rings. The van der Waals surface area contributed by atoms with Gasteiger partial charge in [-0.1, -0.05) is 13.3 Å². The summed E-state index contributed by atoms with van der Waals surface area (Å²) in [5.41, 5.74) is 0.591. The van der Waals surface area contributed by atoms with Crippen molar-refractivity contribution in [3.63, 3.8) is 0 Å². The van der Waals surface area contributed by atoms with Crippen LogP contribution in [0.3, 0.4) is 0 Å². The summed E-state index contributed by atoms with van der Waals surface area (Å²) in [6.07, 6.45) is 2.04. The fourth-order valence-electron chi connectivity index (χ4n) is 3.07. The van der Waals surface area contributed by atoms with Gasteiger partial charge in [-0.15, -0.1) is 0 Å². The van der Waals surface area contributed by atoms with Gasteiger partial charge >= 0.3 is 0 Å². The van der Waals surface area contributed by atoms with Gasteiger partial charge in [0, 0.05) is 37.9 Å². The van der Waals surface area contributed by atoms with Crippen molar-refractivity contribution in [3.8, 4) is 0 Å². The number of anilines is 1. The fraction of sp³-hybridized carbons (Fsp3) is 0.579. The minimum Gasteiger partial charge on any atom is -0.353 e. The average molecular weight is 364 g/mol. The van der Waals surface area contributed by atoms with Crippen molar-refractivity contribution >= 4 is 17.5 Å². The van der Waals surface area contributed by atoms with E-state index in [2.05, 4.69) is 27.4 Å². The van der Waals surface area contributed by atoms with Gasteiger partial charge < -0.3 is 10.6 Å². The van der Waals surface area contributed by atoms with E-state index in [-0.39, 0.29) is 23.7 Å². The first-order chi connectivity index (χ1) is 12.5. The summed E-state index contributed by atoms with van der Waals surface area (Å²) in [6, 6.07) is 5.94. The number of nitrogens with one attached hydrogen (secondary N) is 2. The molecule has 1 aromatic carbocycles. The van der Waals surface area contributed by atoms with Crippen molar-refractivity contribution in [2.24, 2.45) is 0 Å². The predicted octanol–water partition coefficient (Wildman–Crippen LogP) is 1.69. The van der Waals surface area contributed by atoms with E-state index >= 15 is 0 Å². The quantitative estimate of drug-likeness (QED) is 0.737. The second kappa shape index (κ2) is 10.2. The Bertz CT molecular complexity index is 586. The molecule has 144 valence electrons. The number of carbonyl (C=O) groups excluding carboxylic acids is 2. The molecule has 1 saturated heterocycles. The molecule has 1 heterocycles. The highest BCUT2D eigenvalue weighted by atomic mass is 19.1. The van der Waals surface area contributed by atoms with Gasteiger partial charge in [0.05, 0.1) is 13.1 Å². The van der Waals surface area contributed by atoms with Gasteiger partial charge in [0.25, 0.3) is 0 Å². The molecule has 0 unspecified atom stereocenters. The third kappa shape index (κ3) is 7.09. The molecule has 0 aromatic heterocycles. The Kier molecular flexibility index (Phi) is 8.00. The monoisotopic (exact) mass is 364 g/mol. The van der Waals surface area contributed by atoms with Gasteiger partial charge in [0.1, 0.15) is 5.82 Å². The highest BCUT2D eigenvalue weighted by molar-refractivity contribution is 5.92. The molecule has 26 heavy (non-hydrogen) atoms. The molecule has 1 atom stereocenters. The molecule has 2 N–H and O–H groups in total. The maximum Gasteiger partial charge on any atom is 0.238 e. The van der Waals surface area contributed by atoms with Gasteiger partial charge in [-0.05, 0) is 37.6 Å². The Labute approximate surface area is 154 Å². The van der Waals surface area contributed by atoms with Crippen LogP contribution >= 0.6 is 0 Å². The average Bonchev–Trinajstić information content (AvgIpc) is 2.59. The Morgan fingerprint density at radius 2 is 1.58 bits per heavy atom. The summed E-state index contributed by atoms with van der Waals surface area (Å²) < 4.78 is 12.9. The van der Waals surface area contributed by atoms with Gasteiger partial charge in [0.2, 0.25) is 11.8 Å². The van der Waals surface area contributed by atoms with Crippen LogP contribution in [0.1, 0.15) is 26.7 Å². The van der Waals surface area contributed by atoms with Crippen molar-refractivity contribution in [1.29, 1.82) is 0 Å². The maximum absolute atomic E-state index is 12.9. The Hall–Kier alpha value is -1.99. The predicted molar refractivity (Wildman–Crippen MR) is 100 cm³/mol. The first kappa shape index (κ1) is 20.3. The van der Waals surface area contributed by atoms with E-state index in [1.807, 2.05) is 6.92 Å². The van der Waals surface area contributed by atoms with Gasteiger partial charge in [-0.3, -0.25) is 19.4 Å². The minimum atomic E-state index is -0.327. The van der Waals surface area contributed by atoms with Crippen molar-refractivity contribution in [2.75, 3.05) is 44.6 Å². The molecule has 0 spiro atoms. The lowest BCUT2D eigenvalue weighted by atomic mass is 10.2. The molecule has 0 aliphatic carbocycles. The zero-order valence-electron chi connectivity index (χ0n) is 15.6. The fourth-order valence-corrected chi connectivity index (χ4v) is 3.07. The Morgan fingerprint density at radius 3 is 2.12 bits per heavy atom. The van der Waals surface area contributed by atoms with E-state index in [1.54, 1.807) is 12.1 Å². The third-order valence-corrected chi connectivity index (χ3v) is 4.46. The van der Waals surface area contributed by atoms with Crippen LogP contribution in [0.5, 0.6) is 0 Å². The first-order valence-electron chi connectivity index (χ1n) is 9.25. The smallest absolute Gasteiger partial charge is 0.238 e. The summed E-state index contributed by atoms with van der Waals surface area (Å²) in [7, 11) is 0. The van der Waals surface area contributed by atoms with Crippen LogP contribution < -0.4 is 10.6 Å². The van der Waals surface area contributed by atoms with Crippen LogP contribution in [-0.2, 0) is 9.59 Å². The molecule has 1 fully saturated rings. The highest BCUT2D eigenvalue weighted by Crippen LogP contribution is 2.09. The summed E-state index contributed by atoms with van der Waals surface area (Å²) in [4.78, 5) is 28.3. The number of piperazine rings is 1. The normalized spacial score (nSPS) is 16.9. The number of hydrogen-bond acceptors (Lipinski definition) is 4. The minimum absolute atomic E-state index is 0.0634. The van der Waals surface area contributed by atoms with Crippen LogP contribution in [0.15, 0.2) is 24.3 Å². The zero-order chi connectivity index (χ0) is 18.9. The van der Waals surface area contributed by atoms with Crippen molar-refractivity contribution in [3.05, 3.63) is 30.1 Å². The Morgan fingerprint density at radius 1 is 1.04 bits per heavy atom. The van der Waals surface area contributed by atoms with Crippen LogP contribution in [0.4, 0.5) is 10.1 Å². The lowest BCUT2D eigenvalue weighted by molar-refractivity contribution is -0.124. The standard InChI is InChI=1S/C19H29FN4O2/c1-3-4-15(2)21-18(25)13-23-9-11-24(12-10-23)14-19(26)22-17-7-5-16(20)6-8-17/h5-8,15H,3-4,9-14H2,1-2H3,(H,21,25)(H,22,26)/t15-/m1/s1. The van der Waals surface area contributed by atoms with Crippen molar-refractivity contribution in [2.45, 2.75) is 32.7 Å². The molecule has 0 radical (unpaired) electrons. The van der Waals surface area contributed by atoms with Crippen LogP contribution in [0.25, 0.3) is 0 Å². The van der Waals surface area contributed by atoms with Crippen molar-refractivity contribution < 1.29 is 14.0 Å². The SMILES string of the molecule is CCC[C@@H](C)NC(=O)CN1CCN(CC(=O)Nc2ccc(F)cc2)CC1. The number of benzene rings is 1. The summed E-state index contributed by atoms with van der Waals surface area (Å²) >= 11 is 0. The number of rotatable bonds is 8. The molecule has 0 saturated carbocycles. The number of amides is 2.